The third-order valence-electron chi connectivity index (χ3n) is 3.32. The van der Waals surface area contributed by atoms with Crippen LogP contribution in [0, 0.1) is 6.92 Å². The number of hydrogen-bond acceptors (Lipinski definition) is 5. The number of anilines is 1. The number of carbonyl (C=O) groups is 1. The first-order valence-electron chi connectivity index (χ1n) is 6.87. The molecule has 124 valence electrons. The van der Waals surface area contributed by atoms with Gasteiger partial charge in [-0.3, -0.25) is 4.72 Å². The zero-order valence-electron chi connectivity index (χ0n) is 12.5. The Balaban J connectivity index is 1.84. The third kappa shape index (κ3) is 3.35. The lowest BCUT2D eigenvalue weighted by molar-refractivity contribution is 0.0697. The van der Waals surface area contributed by atoms with Crippen LogP contribution < -0.4 is 4.72 Å². The molecule has 0 aliphatic carbocycles. The van der Waals surface area contributed by atoms with Crippen molar-refractivity contribution in [1.29, 1.82) is 0 Å². The molecular formula is C16H13NO4S3. The second kappa shape index (κ2) is 6.39. The van der Waals surface area contributed by atoms with Crippen molar-refractivity contribution in [3.63, 3.8) is 0 Å². The first kappa shape index (κ1) is 16.7. The van der Waals surface area contributed by atoms with E-state index in [1.54, 1.807) is 23.5 Å². The number of aromatic carboxylic acids is 1. The van der Waals surface area contributed by atoms with E-state index in [0.717, 1.165) is 15.3 Å². The molecular weight excluding hydrogens is 366 g/mol. The Morgan fingerprint density at radius 1 is 1.08 bits per heavy atom. The van der Waals surface area contributed by atoms with Gasteiger partial charge in [0.25, 0.3) is 10.0 Å². The second-order valence-corrected chi connectivity index (χ2v) is 8.95. The molecule has 3 aromatic rings. The highest BCUT2D eigenvalue weighted by Crippen LogP contribution is 2.36. The number of hydrogen-bond donors (Lipinski definition) is 2. The molecule has 0 bridgehead atoms. The normalized spacial score (nSPS) is 11.4. The van der Waals surface area contributed by atoms with E-state index >= 15 is 0 Å². The van der Waals surface area contributed by atoms with Crippen molar-refractivity contribution in [2.45, 2.75) is 11.1 Å². The summed E-state index contributed by atoms with van der Waals surface area (Å²) in [5.74, 6) is -1.06. The van der Waals surface area contributed by atoms with E-state index < -0.39 is 16.0 Å². The summed E-state index contributed by atoms with van der Waals surface area (Å²) >= 11 is 2.78. The van der Waals surface area contributed by atoms with Gasteiger partial charge in [0.2, 0.25) is 0 Å². The highest BCUT2D eigenvalue weighted by atomic mass is 32.2. The number of nitrogens with one attached hydrogen (secondary N) is 1. The molecule has 2 aromatic heterocycles. The van der Waals surface area contributed by atoms with E-state index in [1.807, 2.05) is 18.4 Å². The van der Waals surface area contributed by atoms with Crippen molar-refractivity contribution < 1.29 is 18.3 Å². The van der Waals surface area contributed by atoms with Crippen molar-refractivity contribution >= 4 is 44.4 Å². The van der Waals surface area contributed by atoms with Gasteiger partial charge < -0.3 is 5.11 Å². The molecule has 0 fully saturated rings. The minimum Gasteiger partial charge on any atom is -0.478 e. The molecule has 24 heavy (non-hydrogen) atoms. The Hall–Kier alpha value is -2.16. The van der Waals surface area contributed by atoms with Gasteiger partial charge in [0.15, 0.2) is 0 Å². The average molecular weight is 379 g/mol. The molecule has 3 rings (SSSR count). The summed E-state index contributed by atoms with van der Waals surface area (Å²) in [6.45, 7) is 1.99. The van der Waals surface area contributed by atoms with E-state index in [-0.39, 0.29) is 9.77 Å². The van der Waals surface area contributed by atoms with Crippen LogP contribution in [0.2, 0.25) is 0 Å². The van der Waals surface area contributed by atoms with Gasteiger partial charge >= 0.3 is 5.97 Å². The summed E-state index contributed by atoms with van der Waals surface area (Å²) in [6, 6.07) is 10.9. The first-order valence-corrected chi connectivity index (χ1v) is 10.1. The predicted molar refractivity (Wildman–Crippen MR) is 96.6 cm³/mol. The molecule has 0 aliphatic rings. The van der Waals surface area contributed by atoms with Crippen LogP contribution in [0.4, 0.5) is 5.69 Å². The maximum atomic E-state index is 12.5. The zero-order valence-corrected chi connectivity index (χ0v) is 15.0. The van der Waals surface area contributed by atoms with Gasteiger partial charge in [0, 0.05) is 15.4 Å². The van der Waals surface area contributed by atoms with Crippen LogP contribution >= 0.6 is 22.7 Å². The first-order chi connectivity index (χ1) is 11.4. The van der Waals surface area contributed by atoms with Crippen LogP contribution in [0.3, 0.4) is 0 Å². The van der Waals surface area contributed by atoms with Gasteiger partial charge in [-0.2, -0.15) is 0 Å². The van der Waals surface area contributed by atoms with Gasteiger partial charge in [-0.15, -0.1) is 22.7 Å². The van der Waals surface area contributed by atoms with Crippen LogP contribution in [0.5, 0.6) is 0 Å². The van der Waals surface area contributed by atoms with Crippen molar-refractivity contribution in [2.24, 2.45) is 0 Å². The summed E-state index contributed by atoms with van der Waals surface area (Å²) in [5, 5.41) is 10.8. The molecule has 1 aromatic carbocycles. The molecule has 0 atom stereocenters. The SMILES string of the molecule is Cc1ccsc1-c1ccc(S(=O)(=O)Nc2ccc(C(=O)O)cc2)s1. The molecule has 0 saturated carbocycles. The van der Waals surface area contributed by atoms with Crippen molar-refractivity contribution in [1.82, 2.24) is 0 Å². The Morgan fingerprint density at radius 3 is 2.38 bits per heavy atom. The van der Waals surface area contributed by atoms with Gasteiger partial charge in [-0.25, -0.2) is 13.2 Å². The molecule has 2 heterocycles. The molecule has 0 amide bonds. The topological polar surface area (TPSA) is 83.5 Å². The summed E-state index contributed by atoms with van der Waals surface area (Å²) in [4.78, 5) is 12.8. The fourth-order valence-electron chi connectivity index (χ4n) is 2.10. The number of carboxylic acids is 1. The Kier molecular flexibility index (Phi) is 4.44. The third-order valence-corrected chi connectivity index (χ3v) is 7.47. The number of thiophene rings is 2. The van der Waals surface area contributed by atoms with Crippen LogP contribution in [0.1, 0.15) is 15.9 Å². The van der Waals surface area contributed by atoms with Gasteiger partial charge in [-0.1, -0.05) is 0 Å². The monoisotopic (exact) mass is 379 g/mol. The second-order valence-electron chi connectivity index (χ2n) is 5.04. The van der Waals surface area contributed by atoms with E-state index in [2.05, 4.69) is 4.72 Å². The Morgan fingerprint density at radius 2 is 1.79 bits per heavy atom. The molecule has 0 saturated heterocycles. The number of sulfonamides is 1. The van der Waals surface area contributed by atoms with Gasteiger partial charge in [0.05, 0.1) is 5.56 Å². The quantitative estimate of drug-likeness (QED) is 0.693. The van der Waals surface area contributed by atoms with E-state index in [1.165, 1.54) is 35.6 Å². The minimum absolute atomic E-state index is 0.101. The Bertz CT molecular complexity index is 985. The number of rotatable bonds is 5. The summed E-state index contributed by atoms with van der Waals surface area (Å²) in [7, 11) is -3.70. The summed E-state index contributed by atoms with van der Waals surface area (Å²) in [6.07, 6.45) is 0. The highest BCUT2D eigenvalue weighted by Gasteiger charge is 2.18. The van der Waals surface area contributed by atoms with Crippen molar-refractivity contribution in [3.05, 3.63) is 59.0 Å². The predicted octanol–water partition coefficient (Wildman–Crippen LogP) is 4.28. The molecule has 2 N–H and O–H groups in total. The fraction of sp³-hybridized carbons (Fsp3) is 0.0625. The van der Waals surface area contributed by atoms with E-state index in [0.29, 0.717) is 5.69 Å². The van der Waals surface area contributed by atoms with Gasteiger partial charge in [0.1, 0.15) is 4.21 Å². The van der Waals surface area contributed by atoms with Gasteiger partial charge in [-0.05, 0) is 60.3 Å². The van der Waals surface area contributed by atoms with E-state index in [4.69, 9.17) is 5.11 Å². The fourth-order valence-corrected chi connectivity index (χ4v) is 5.58. The highest BCUT2D eigenvalue weighted by molar-refractivity contribution is 7.94. The lowest BCUT2D eigenvalue weighted by Crippen LogP contribution is -2.11. The minimum atomic E-state index is -3.70. The standard InChI is InChI=1S/C16H13NO4S3/c1-10-8-9-22-15(10)13-6-7-14(23-13)24(20,21)17-12-4-2-11(3-5-12)16(18)19/h2-9,17H,1H3,(H,18,19). The van der Waals surface area contributed by atoms with Crippen LogP contribution in [-0.4, -0.2) is 19.5 Å². The summed E-state index contributed by atoms with van der Waals surface area (Å²) < 4.78 is 27.6. The van der Waals surface area contributed by atoms with Crippen LogP contribution in [0.25, 0.3) is 9.75 Å². The lowest BCUT2D eigenvalue weighted by Gasteiger charge is -2.06. The van der Waals surface area contributed by atoms with Crippen molar-refractivity contribution in [2.75, 3.05) is 4.72 Å². The molecule has 0 spiro atoms. The number of aryl methyl sites for hydroxylation is 1. The largest absolute Gasteiger partial charge is 0.478 e. The summed E-state index contributed by atoms with van der Waals surface area (Å²) in [5.41, 5.74) is 1.54. The molecule has 0 radical (unpaired) electrons. The molecule has 0 unspecified atom stereocenters. The zero-order chi connectivity index (χ0) is 17.3. The number of benzene rings is 1. The maximum absolute atomic E-state index is 12.5. The van der Waals surface area contributed by atoms with E-state index in [9.17, 15) is 13.2 Å². The smallest absolute Gasteiger partial charge is 0.335 e. The lowest BCUT2D eigenvalue weighted by atomic mass is 10.2. The molecule has 0 aliphatic heterocycles. The Labute approximate surface area is 147 Å². The van der Waals surface area contributed by atoms with Crippen LogP contribution in [0.15, 0.2) is 52.1 Å². The molecule has 8 heteroatoms. The maximum Gasteiger partial charge on any atom is 0.335 e. The average Bonchev–Trinajstić information content (AvgIpc) is 3.16. The number of carboxylic acid groups (broad SMARTS) is 1. The molecule has 5 nitrogen and oxygen atoms in total. The van der Waals surface area contributed by atoms with Crippen molar-refractivity contribution in [3.8, 4) is 9.75 Å². The van der Waals surface area contributed by atoms with Crippen LogP contribution in [-0.2, 0) is 10.0 Å².